The fourth-order valence-corrected chi connectivity index (χ4v) is 7.09. The highest BCUT2D eigenvalue weighted by atomic mass is 19.1. The number of amides is 2. The van der Waals surface area contributed by atoms with Crippen molar-refractivity contribution in [1.29, 1.82) is 0 Å². The van der Waals surface area contributed by atoms with E-state index in [2.05, 4.69) is 36.4 Å². The number of nitrogens with zero attached hydrogens (tertiary/aromatic N) is 2. The Balaban J connectivity index is 1.51. The van der Waals surface area contributed by atoms with Gasteiger partial charge in [-0.1, -0.05) is 33.1 Å². The number of carbonyl (C=O) groups is 2. The third-order valence-electron chi connectivity index (χ3n) is 9.52. The van der Waals surface area contributed by atoms with E-state index in [1.54, 1.807) is 5.43 Å². The number of hydrogen-bond acceptors (Lipinski definition) is 8. The number of rotatable bonds is 13. The van der Waals surface area contributed by atoms with Gasteiger partial charge in [0.25, 0.3) is 11.9 Å². The summed E-state index contributed by atoms with van der Waals surface area (Å²) < 4.78 is 32.4. The normalized spacial score (nSPS) is 26.7. The van der Waals surface area contributed by atoms with Gasteiger partial charge in [0, 0.05) is 6.54 Å². The van der Waals surface area contributed by atoms with E-state index in [-0.39, 0.29) is 54.1 Å². The maximum Gasteiger partial charge on any atom is 0.481 e. The molecule has 15 heteroatoms. The topological polar surface area (TPSA) is 179 Å². The molecule has 1 aromatic carbocycles. The fourth-order valence-electron chi connectivity index (χ4n) is 7.09. The third kappa shape index (κ3) is 7.09. The summed E-state index contributed by atoms with van der Waals surface area (Å²) in [7, 11) is 0.695. The quantitative estimate of drug-likeness (QED) is 0.0646. The number of nitrogens with two attached hydrogens (primary N) is 1. The number of halogens is 1. The molecule has 13 nitrogen and oxygen atoms in total. The van der Waals surface area contributed by atoms with Gasteiger partial charge in [-0.2, -0.15) is 0 Å². The lowest BCUT2D eigenvalue weighted by molar-refractivity contribution is -0.525. The van der Waals surface area contributed by atoms with Crippen molar-refractivity contribution in [2.45, 2.75) is 90.4 Å². The SMILES string of the molecule is COc1ccc(F)cc1C(=O)N[C@@H](CCCN=C(N)N[N+](=O)[O-])C(=O)N[C@@H](CC(C)C)B1O[C@@H]2C[C@H]3C[C@H](C3(C)C)[C@]2(C)O1. The number of methoxy groups -OCH3 is 1. The molecule has 2 bridgehead atoms. The minimum Gasteiger partial charge on any atom is -0.496 e. The lowest BCUT2D eigenvalue weighted by Gasteiger charge is -2.64. The number of hydrogen-bond donors (Lipinski definition) is 4. The molecule has 44 heavy (non-hydrogen) atoms. The molecule has 3 saturated carbocycles. The van der Waals surface area contributed by atoms with E-state index in [0.29, 0.717) is 18.3 Å². The Labute approximate surface area is 257 Å². The van der Waals surface area contributed by atoms with Crippen molar-refractivity contribution < 1.29 is 33.1 Å². The van der Waals surface area contributed by atoms with Crippen molar-refractivity contribution in [2.24, 2.45) is 33.9 Å². The molecular weight excluding hydrogens is 574 g/mol. The molecule has 242 valence electrons. The summed E-state index contributed by atoms with van der Waals surface area (Å²) in [6, 6.07) is 2.48. The van der Waals surface area contributed by atoms with Gasteiger partial charge in [-0.05, 0) is 80.4 Å². The van der Waals surface area contributed by atoms with Crippen LogP contribution in [0.1, 0.15) is 77.1 Å². The van der Waals surface area contributed by atoms with Gasteiger partial charge >= 0.3 is 7.12 Å². The molecule has 1 saturated heterocycles. The van der Waals surface area contributed by atoms with Gasteiger partial charge in [-0.15, -0.1) is 0 Å². The summed E-state index contributed by atoms with van der Waals surface area (Å²) in [6.45, 7) is 10.8. The Hall–Kier alpha value is -3.46. The summed E-state index contributed by atoms with van der Waals surface area (Å²) in [5.41, 5.74) is 6.89. The second-order valence-corrected chi connectivity index (χ2v) is 13.2. The van der Waals surface area contributed by atoms with Crippen molar-refractivity contribution in [2.75, 3.05) is 13.7 Å². The molecule has 5 rings (SSSR count). The summed E-state index contributed by atoms with van der Waals surface area (Å²) in [5, 5.41) is 15.5. The highest BCUT2D eigenvalue weighted by Crippen LogP contribution is 2.65. The van der Waals surface area contributed by atoms with E-state index in [9.17, 15) is 24.1 Å². The van der Waals surface area contributed by atoms with Crippen LogP contribution in [0.3, 0.4) is 0 Å². The Morgan fingerprint density at radius 3 is 2.64 bits per heavy atom. The van der Waals surface area contributed by atoms with Crippen LogP contribution in [0, 0.1) is 39.1 Å². The van der Waals surface area contributed by atoms with Crippen LogP contribution in [0.2, 0.25) is 0 Å². The zero-order valence-corrected chi connectivity index (χ0v) is 26.2. The van der Waals surface area contributed by atoms with E-state index in [4.69, 9.17) is 19.8 Å². The van der Waals surface area contributed by atoms with E-state index in [0.717, 1.165) is 18.9 Å². The van der Waals surface area contributed by atoms with E-state index < -0.39 is 47.4 Å². The molecule has 6 atom stereocenters. The molecule has 1 aliphatic heterocycles. The lowest BCUT2D eigenvalue weighted by Crippen LogP contribution is -2.65. The second-order valence-electron chi connectivity index (χ2n) is 13.2. The predicted octanol–water partition coefficient (Wildman–Crippen LogP) is 2.61. The molecule has 1 heterocycles. The molecular formula is C29H44BFN6O7. The molecule has 5 N–H and O–H groups in total. The highest BCUT2D eigenvalue weighted by Gasteiger charge is 2.68. The molecule has 3 aliphatic carbocycles. The first kappa shape index (κ1) is 33.4. The minimum absolute atomic E-state index is 0.0538. The first-order valence-electron chi connectivity index (χ1n) is 15.1. The Morgan fingerprint density at radius 1 is 1.27 bits per heavy atom. The van der Waals surface area contributed by atoms with Crippen molar-refractivity contribution in [3.05, 3.63) is 39.7 Å². The van der Waals surface area contributed by atoms with Gasteiger partial charge in [0.15, 0.2) is 5.03 Å². The van der Waals surface area contributed by atoms with Crippen molar-refractivity contribution in [3.63, 3.8) is 0 Å². The number of nitrogens with one attached hydrogen (secondary N) is 3. The van der Waals surface area contributed by atoms with Crippen LogP contribution in [0.15, 0.2) is 23.2 Å². The van der Waals surface area contributed by atoms with Gasteiger partial charge in [0.1, 0.15) is 17.6 Å². The molecule has 0 radical (unpaired) electrons. The van der Waals surface area contributed by atoms with Crippen LogP contribution in [0.5, 0.6) is 5.75 Å². The smallest absolute Gasteiger partial charge is 0.481 e. The van der Waals surface area contributed by atoms with E-state index in [1.807, 2.05) is 13.8 Å². The number of carbonyl (C=O) groups excluding carboxylic acids is 2. The minimum atomic E-state index is -1.06. The molecule has 2 amide bonds. The Bertz CT molecular complexity index is 1280. The highest BCUT2D eigenvalue weighted by molar-refractivity contribution is 6.48. The fraction of sp³-hybridized carbons (Fsp3) is 0.690. The Kier molecular flexibility index (Phi) is 10.1. The Morgan fingerprint density at radius 2 is 2.00 bits per heavy atom. The molecule has 0 unspecified atom stereocenters. The number of guanidine groups is 1. The maximum absolute atomic E-state index is 14.0. The van der Waals surface area contributed by atoms with Gasteiger partial charge in [0.2, 0.25) is 5.91 Å². The summed E-state index contributed by atoms with van der Waals surface area (Å²) in [4.78, 5) is 41.6. The van der Waals surface area contributed by atoms with Gasteiger partial charge in [-0.3, -0.25) is 9.59 Å². The van der Waals surface area contributed by atoms with Crippen LogP contribution in [0.4, 0.5) is 4.39 Å². The molecule has 1 aromatic rings. The average molecular weight is 619 g/mol. The van der Waals surface area contributed by atoms with Crippen LogP contribution >= 0.6 is 0 Å². The van der Waals surface area contributed by atoms with E-state index in [1.165, 1.54) is 19.2 Å². The maximum atomic E-state index is 14.0. The zero-order valence-electron chi connectivity index (χ0n) is 26.2. The van der Waals surface area contributed by atoms with Crippen LogP contribution in [-0.2, 0) is 14.1 Å². The van der Waals surface area contributed by atoms with Crippen LogP contribution in [-0.4, -0.2) is 67.3 Å². The van der Waals surface area contributed by atoms with Crippen molar-refractivity contribution >= 4 is 24.9 Å². The predicted molar refractivity (Wildman–Crippen MR) is 162 cm³/mol. The number of benzene rings is 1. The average Bonchev–Trinajstić information content (AvgIpc) is 3.30. The molecule has 0 spiro atoms. The van der Waals surface area contributed by atoms with Gasteiger partial charge < -0.3 is 30.4 Å². The third-order valence-corrected chi connectivity index (χ3v) is 9.52. The lowest BCUT2D eigenvalue weighted by atomic mass is 9.43. The largest absolute Gasteiger partial charge is 0.496 e. The second kappa shape index (κ2) is 13.3. The van der Waals surface area contributed by atoms with Gasteiger partial charge in [-0.25, -0.2) is 19.5 Å². The zero-order chi connectivity index (χ0) is 32.4. The number of aliphatic imine (C=N–C) groups is 1. The standard InChI is InChI=1S/C29H44BFN6O7/c1-16(2)12-24(30-43-23-14-17-13-22(28(17,3)4)29(23,5)44-30)35-26(39)20(8-7-11-33-27(32)36-37(40)41)34-25(38)19-15-18(31)9-10-21(19)42-6/h9-10,15-17,20,22-24H,7-8,11-14H2,1-6H3,(H,34,38)(H,35,39)(H3,32,33,36)/t17-,20+,22-,23-,24+,29+/m1/s1. The first-order valence-corrected chi connectivity index (χ1v) is 15.1. The number of hydrazine groups is 1. The summed E-state index contributed by atoms with van der Waals surface area (Å²) in [6.07, 6.45) is 2.87. The number of ether oxygens (including phenoxy) is 1. The molecule has 4 fully saturated rings. The van der Waals surface area contributed by atoms with E-state index >= 15 is 0 Å². The number of nitro groups is 1. The molecule has 4 aliphatic rings. The summed E-state index contributed by atoms with van der Waals surface area (Å²) >= 11 is 0. The monoisotopic (exact) mass is 618 g/mol. The first-order chi connectivity index (χ1) is 20.6. The van der Waals surface area contributed by atoms with Crippen LogP contribution < -0.4 is 26.5 Å². The van der Waals surface area contributed by atoms with Crippen molar-refractivity contribution in [1.82, 2.24) is 16.1 Å². The molecule has 0 aromatic heterocycles. The van der Waals surface area contributed by atoms with Crippen LogP contribution in [0.25, 0.3) is 0 Å². The summed E-state index contributed by atoms with van der Waals surface area (Å²) in [5.74, 6) is -1.42. The van der Waals surface area contributed by atoms with Crippen molar-refractivity contribution in [3.8, 4) is 5.75 Å². The van der Waals surface area contributed by atoms with Gasteiger partial charge in [0.05, 0.1) is 30.3 Å².